The van der Waals surface area contributed by atoms with Gasteiger partial charge in [0.25, 0.3) is 0 Å². The normalized spacial score (nSPS) is 26.1. The van der Waals surface area contributed by atoms with Crippen molar-refractivity contribution in [1.82, 2.24) is 10.2 Å². The molecular formula is C20H31BN2O4. The van der Waals surface area contributed by atoms with E-state index in [1.54, 1.807) is 11.8 Å². The number of nitrogens with zero attached hydrogens (tertiary/aromatic N) is 1. The van der Waals surface area contributed by atoms with Crippen LogP contribution in [0.2, 0.25) is 5.82 Å². The van der Waals surface area contributed by atoms with Crippen LogP contribution in [0, 0.1) is 0 Å². The molecule has 27 heavy (non-hydrogen) atoms. The zero-order valence-corrected chi connectivity index (χ0v) is 17.0. The fraction of sp³-hybridized carbons (Fsp3) is 0.650. The molecule has 2 aliphatic rings. The molecule has 1 aromatic rings. The molecule has 7 heteroatoms. The van der Waals surface area contributed by atoms with E-state index in [1.807, 2.05) is 58.0 Å². The largest absolute Gasteiger partial charge is 0.463 e. The van der Waals surface area contributed by atoms with Crippen LogP contribution < -0.4 is 5.32 Å². The van der Waals surface area contributed by atoms with E-state index in [-0.39, 0.29) is 36.7 Å². The Morgan fingerprint density at radius 2 is 1.85 bits per heavy atom. The first-order valence-electron chi connectivity index (χ1n) is 9.68. The second-order valence-electron chi connectivity index (χ2n) is 8.92. The molecule has 1 aromatic carbocycles. The minimum atomic E-state index is -1.11. The van der Waals surface area contributed by atoms with Crippen molar-refractivity contribution in [2.75, 3.05) is 19.6 Å². The highest BCUT2D eigenvalue weighted by atomic mass is 16.7. The predicted molar refractivity (Wildman–Crippen MR) is 105 cm³/mol. The van der Waals surface area contributed by atoms with Gasteiger partial charge in [0.1, 0.15) is 5.60 Å². The third kappa shape index (κ3) is 4.15. The molecule has 2 heterocycles. The van der Waals surface area contributed by atoms with Gasteiger partial charge in [-0.1, -0.05) is 30.3 Å². The Labute approximate surface area is 162 Å². The monoisotopic (exact) mass is 374 g/mol. The molecule has 2 unspecified atom stereocenters. The molecule has 148 valence electrons. The van der Waals surface area contributed by atoms with Crippen LogP contribution in [-0.2, 0) is 14.9 Å². The highest BCUT2D eigenvalue weighted by molar-refractivity contribution is 6.47. The number of aliphatic hydroxyl groups is 1. The van der Waals surface area contributed by atoms with E-state index in [1.165, 1.54) is 0 Å². The summed E-state index contributed by atoms with van der Waals surface area (Å²) < 4.78 is 12.3. The molecule has 2 atom stereocenters. The molecule has 0 radical (unpaired) electrons. The van der Waals surface area contributed by atoms with Crippen molar-refractivity contribution in [3.05, 3.63) is 35.9 Å². The average molecular weight is 374 g/mol. The maximum Gasteiger partial charge on any atom is 0.463 e. The quantitative estimate of drug-likeness (QED) is 0.796. The molecule has 3 rings (SSSR count). The number of benzene rings is 1. The summed E-state index contributed by atoms with van der Waals surface area (Å²) in [6.45, 7) is 11.3. The second-order valence-corrected chi connectivity index (χ2v) is 8.92. The lowest BCUT2D eigenvalue weighted by atomic mass is 9.71. The number of nitrogens with one attached hydrogen (secondary N) is 1. The van der Waals surface area contributed by atoms with Crippen molar-refractivity contribution in [3.63, 3.8) is 0 Å². The number of hydrogen-bond acceptors (Lipinski definition) is 4. The van der Waals surface area contributed by atoms with E-state index >= 15 is 0 Å². The first kappa shape index (κ1) is 20.2. The summed E-state index contributed by atoms with van der Waals surface area (Å²) in [5, 5.41) is 13.5. The lowest BCUT2D eigenvalue weighted by Crippen LogP contribution is -2.45. The highest BCUT2D eigenvalue weighted by Crippen LogP contribution is 2.42. The average Bonchev–Trinajstić information content (AvgIpc) is 3.17. The molecule has 0 aliphatic carbocycles. The van der Waals surface area contributed by atoms with Crippen molar-refractivity contribution in [2.45, 2.75) is 63.7 Å². The maximum atomic E-state index is 12.6. The summed E-state index contributed by atoms with van der Waals surface area (Å²) >= 11 is 0. The summed E-state index contributed by atoms with van der Waals surface area (Å²) in [5.74, 6) is 0.159. The molecule has 2 saturated heterocycles. The number of carbonyl (C=O) groups excluding carboxylic acids is 1. The molecule has 2 aliphatic heterocycles. The fourth-order valence-electron chi connectivity index (χ4n) is 3.53. The van der Waals surface area contributed by atoms with Crippen LogP contribution in [0.25, 0.3) is 0 Å². The summed E-state index contributed by atoms with van der Waals surface area (Å²) in [7, 11) is -0.291. The third-order valence-corrected chi connectivity index (χ3v) is 6.15. The van der Waals surface area contributed by atoms with Crippen LogP contribution in [0.15, 0.2) is 30.3 Å². The Bertz CT molecular complexity index is 662. The Kier molecular flexibility index (Phi) is 5.32. The zero-order chi connectivity index (χ0) is 19.9. The number of hydrogen-bond donors (Lipinski definition) is 2. The SMILES string of the molecule is CC(O)(CNC(=O)N1CCC(B2OC(C)(C)C(C)(C)O2)C1)c1ccccc1. The van der Waals surface area contributed by atoms with Crippen LogP contribution in [0.3, 0.4) is 0 Å². The van der Waals surface area contributed by atoms with E-state index < -0.39 is 5.60 Å². The summed E-state index contributed by atoms with van der Waals surface area (Å²) in [6.07, 6.45) is 0.847. The summed E-state index contributed by atoms with van der Waals surface area (Å²) in [5.41, 5.74) is -1.05. The first-order valence-corrected chi connectivity index (χ1v) is 9.68. The Morgan fingerprint density at radius 3 is 2.44 bits per heavy atom. The number of amides is 2. The number of carbonyl (C=O) groups is 1. The van der Waals surface area contributed by atoms with E-state index in [4.69, 9.17) is 9.31 Å². The fourth-order valence-corrected chi connectivity index (χ4v) is 3.53. The summed E-state index contributed by atoms with van der Waals surface area (Å²) in [6, 6.07) is 9.21. The van der Waals surface area contributed by atoms with Crippen molar-refractivity contribution < 1.29 is 19.2 Å². The van der Waals surface area contributed by atoms with E-state index in [9.17, 15) is 9.90 Å². The van der Waals surface area contributed by atoms with Crippen LogP contribution in [0.1, 0.15) is 46.6 Å². The predicted octanol–water partition coefficient (Wildman–Crippen LogP) is 2.77. The number of urea groups is 1. The van der Waals surface area contributed by atoms with E-state index in [0.717, 1.165) is 12.0 Å². The molecule has 0 bridgehead atoms. The van der Waals surface area contributed by atoms with Gasteiger partial charge in [-0.2, -0.15) is 0 Å². The molecule has 2 amide bonds. The van der Waals surface area contributed by atoms with Crippen molar-refractivity contribution in [1.29, 1.82) is 0 Å². The van der Waals surface area contributed by atoms with Gasteiger partial charge in [-0.25, -0.2) is 4.79 Å². The Hall–Kier alpha value is -1.57. The van der Waals surface area contributed by atoms with Crippen molar-refractivity contribution in [3.8, 4) is 0 Å². The van der Waals surface area contributed by atoms with Crippen molar-refractivity contribution >= 4 is 13.1 Å². The molecular weight excluding hydrogens is 343 g/mol. The molecule has 0 saturated carbocycles. The van der Waals surface area contributed by atoms with Gasteiger partial charge < -0.3 is 24.6 Å². The lowest BCUT2D eigenvalue weighted by molar-refractivity contribution is 0.00578. The standard InChI is InChI=1S/C20H31BN2O4/c1-18(2)19(3,4)27-21(26-18)16-11-12-23(13-16)17(24)22-14-20(5,25)15-9-7-6-8-10-15/h6-10,16,25H,11-14H2,1-5H3,(H,22,24). The van der Waals surface area contributed by atoms with Gasteiger partial charge in [0.2, 0.25) is 0 Å². The number of rotatable bonds is 4. The first-order chi connectivity index (χ1) is 12.5. The minimum absolute atomic E-state index is 0.159. The Morgan fingerprint density at radius 1 is 1.26 bits per heavy atom. The van der Waals surface area contributed by atoms with E-state index in [2.05, 4.69) is 5.32 Å². The van der Waals surface area contributed by atoms with Gasteiger partial charge in [-0.15, -0.1) is 0 Å². The molecule has 6 nitrogen and oxygen atoms in total. The molecule has 0 aromatic heterocycles. The second kappa shape index (κ2) is 7.11. The topological polar surface area (TPSA) is 71.0 Å². The van der Waals surface area contributed by atoms with Gasteiger partial charge in [-0.3, -0.25) is 0 Å². The van der Waals surface area contributed by atoms with Gasteiger partial charge in [0.05, 0.1) is 17.7 Å². The third-order valence-electron chi connectivity index (χ3n) is 6.15. The van der Waals surface area contributed by atoms with E-state index in [0.29, 0.717) is 13.1 Å². The van der Waals surface area contributed by atoms with Crippen LogP contribution >= 0.6 is 0 Å². The highest BCUT2D eigenvalue weighted by Gasteiger charge is 2.54. The van der Waals surface area contributed by atoms with Gasteiger partial charge in [-0.05, 0) is 46.6 Å². The molecule has 2 fully saturated rings. The minimum Gasteiger partial charge on any atom is -0.403 e. The lowest BCUT2D eigenvalue weighted by Gasteiger charge is -2.32. The van der Waals surface area contributed by atoms with Crippen LogP contribution in [0.5, 0.6) is 0 Å². The van der Waals surface area contributed by atoms with Gasteiger partial charge >= 0.3 is 13.1 Å². The summed E-state index contributed by atoms with van der Waals surface area (Å²) in [4.78, 5) is 14.3. The maximum absolute atomic E-state index is 12.6. The molecule has 0 spiro atoms. The van der Waals surface area contributed by atoms with Gasteiger partial charge in [0, 0.05) is 18.9 Å². The van der Waals surface area contributed by atoms with Crippen LogP contribution in [-0.4, -0.2) is 54.0 Å². The van der Waals surface area contributed by atoms with Crippen LogP contribution in [0.4, 0.5) is 4.79 Å². The zero-order valence-electron chi connectivity index (χ0n) is 17.0. The van der Waals surface area contributed by atoms with Gasteiger partial charge in [0.15, 0.2) is 0 Å². The molecule has 2 N–H and O–H groups in total. The number of likely N-dealkylation sites (tertiary alicyclic amines) is 1. The Balaban J connectivity index is 1.53. The van der Waals surface area contributed by atoms with Crippen molar-refractivity contribution in [2.24, 2.45) is 0 Å². The smallest absolute Gasteiger partial charge is 0.403 e.